The van der Waals surface area contributed by atoms with Crippen molar-refractivity contribution < 1.29 is 18.7 Å². The first-order chi connectivity index (χ1) is 10.8. The Morgan fingerprint density at radius 1 is 1.39 bits per heavy atom. The van der Waals surface area contributed by atoms with Crippen molar-refractivity contribution in [3.8, 4) is 5.75 Å². The normalized spacial score (nSPS) is 16.4. The summed E-state index contributed by atoms with van der Waals surface area (Å²) in [6.07, 6.45) is 0.678. The van der Waals surface area contributed by atoms with Crippen molar-refractivity contribution in [2.75, 3.05) is 26.7 Å². The molecular formula is C17H25FN2O3. The third kappa shape index (κ3) is 5.10. The highest BCUT2D eigenvalue weighted by Gasteiger charge is 2.25. The number of amides is 1. The van der Waals surface area contributed by atoms with Gasteiger partial charge in [-0.3, -0.25) is 0 Å². The predicted molar refractivity (Wildman–Crippen MR) is 86.1 cm³/mol. The number of carbonyl (C=O) groups excluding carboxylic acids is 1. The van der Waals surface area contributed by atoms with Crippen molar-refractivity contribution in [1.82, 2.24) is 10.2 Å². The molecule has 5 nitrogen and oxygen atoms in total. The molecule has 23 heavy (non-hydrogen) atoms. The summed E-state index contributed by atoms with van der Waals surface area (Å²) in [6.45, 7) is 8.12. The van der Waals surface area contributed by atoms with Gasteiger partial charge >= 0.3 is 6.09 Å². The highest BCUT2D eigenvalue weighted by molar-refractivity contribution is 5.68. The topological polar surface area (TPSA) is 50.8 Å². The van der Waals surface area contributed by atoms with E-state index in [4.69, 9.17) is 9.47 Å². The first-order valence-corrected chi connectivity index (χ1v) is 7.84. The van der Waals surface area contributed by atoms with Crippen LogP contribution in [-0.2, 0) is 4.74 Å². The van der Waals surface area contributed by atoms with Crippen LogP contribution in [0.1, 0.15) is 38.8 Å². The lowest BCUT2D eigenvalue weighted by molar-refractivity contribution is 0.0479. The molecular weight excluding hydrogens is 299 g/mol. The fourth-order valence-corrected chi connectivity index (χ4v) is 2.40. The average molecular weight is 324 g/mol. The van der Waals surface area contributed by atoms with Gasteiger partial charge in [0.15, 0.2) is 11.6 Å². The Morgan fingerprint density at radius 3 is 2.61 bits per heavy atom. The lowest BCUT2D eigenvalue weighted by Gasteiger charge is -2.34. The van der Waals surface area contributed by atoms with Gasteiger partial charge in [0.1, 0.15) is 5.60 Å². The van der Waals surface area contributed by atoms with Crippen LogP contribution in [0.25, 0.3) is 0 Å². The maximum absolute atomic E-state index is 13.6. The summed E-state index contributed by atoms with van der Waals surface area (Å²) >= 11 is 0. The first-order valence-electron chi connectivity index (χ1n) is 7.84. The number of nitrogens with zero attached hydrogens (tertiary/aromatic N) is 1. The quantitative estimate of drug-likeness (QED) is 0.904. The van der Waals surface area contributed by atoms with Crippen LogP contribution in [-0.4, -0.2) is 43.3 Å². The molecule has 1 heterocycles. The fourth-order valence-electron chi connectivity index (χ4n) is 2.40. The highest BCUT2D eigenvalue weighted by Crippen LogP contribution is 2.25. The fraction of sp³-hybridized carbons (Fsp3) is 0.588. The number of rotatable bonds is 5. The van der Waals surface area contributed by atoms with E-state index < -0.39 is 17.5 Å². The number of likely N-dealkylation sites (tertiary alicyclic amines) is 1. The van der Waals surface area contributed by atoms with Gasteiger partial charge < -0.3 is 19.7 Å². The van der Waals surface area contributed by atoms with Crippen LogP contribution in [0.3, 0.4) is 0 Å². The zero-order valence-electron chi connectivity index (χ0n) is 14.2. The molecule has 0 saturated carbocycles. The third-order valence-corrected chi connectivity index (χ3v) is 3.66. The van der Waals surface area contributed by atoms with Crippen molar-refractivity contribution in [1.29, 1.82) is 0 Å². The smallest absolute Gasteiger partial charge is 0.408 e. The Kier molecular flexibility index (Phi) is 5.46. The number of alkyl carbamates (subject to hydrolysis) is 1. The molecule has 1 aromatic carbocycles. The molecule has 128 valence electrons. The van der Waals surface area contributed by atoms with Crippen LogP contribution in [0.2, 0.25) is 0 Å². The van der Waals surface area contributed by atoms with E-state index in [1.807, 2.05) is 20.8 Å². The van der Waals surface area contributed by atoms with Crippen molar-refractivity contribution in [3.63, 3.8) is 0 Å². The molecule has 1 aliphatic heterocycles. The molecule has 1 aliphatic rings. The SMILES string of the molecule is COc1cc([C@@H](CN2CCC2)NC(=O)OC(C)(C)C)ccc1F. The molecule has 0 radical (unpaired) electrons. The number of carbonyl (C=O) groups is 1. The molecule has 0 unspecified atom stereocenters. The van der Waals surface area contributed by atoms with E-state index in [1.54, 1.807) is 12.1 Å². The lowest BCUT2D eigenvalue weighted by Crippen LogP contribution is -2.45. The van der Waals surface area contributed by atoms with Crippen LogP contribution in [0, 0.1) is 5.82 Å². The van der Waals surface area contributed by atoms with Gasteiger partial charge in [-0.25, -0.2) is 9.18 Å². The molecule has 0 spiro atoms. The van der Waals surface area contributed by atoms with Crippen LogP contribution >= 0.6 is 0 Å². The van der Waals surface area contributed by atoms with E-state index in [9.17, 15) is 9.18 Å². The monoisotopic (exact) mass is 324 g/mol. The summed E-state index contributed by atoms with van der Waals surface area (Å²) in [6, 6.07) is 4.37. The maximum atomic E-state index is 13.6. The van der Waals surface area contributed by atoms with E-state index in [0.29, 0.717) is 6.54 Å². The summed E-state index contributed by atoms with van der Waals surface area (Å²) in [5.41, 5.74) is 0.229. The zero-order chi connectivity index (χ0) is 17.0. The van der Waals surface area contributed by atoms with Gasteiger partial charge in [0.05, 0.1) is 13.2 Å². The predicted octanol–water partition coefficient (Wildman–Crippen LogP) is 3.11. The Bertz CT molecular complexity index is 553. The number of hydrogen-bond acceptors (Lipinski definition) is 4. The number of nitrogens with one attached hydrogen (secondary N) is 1. The van der Waals surface area contributed by atoms with Crippen LogP contribution < -0.4 is 10.1 Å². The molecule has 1 atom stereocenters. The Balaban J connectivity index is 2.14. The zero-order valence-corrected chi connectivity index (χ0v) is 14.2. The summed E-state index contributed by atoms with van der Waals surface area (Å²) in [7, 11) is 1.42. The lowest BCUT2D eigenvalue weighted by atomic mass is 10.0. The van der Waals surface area contributed by atoms with Crippen molar-refractivity contribution in [2.24, 2.45) is 0 Å². The van der Waals surface area contributed by atoms with E-state index in [-0.39, 0.29) is 11.8 Å². The van der Waals surface area contributed by atoms with Crippen LogP contribution in [0.4, 0.5) is 9.18 Å². The molecule has 1 fully saturated rings. The Labute approximate surface area is 136 Å². The summed E-state index contributed by atoms with van der Waals surface area (Å²) in [4.78, 5) is 14.3. The van der Waals surface area contributed by atoms with Crippen LogP contribution in [0.15, 0.2) is 18.2 Å². The van der Waals surface area contributed by atoms with E-state index >= 15 is 0 Å². The largest absolute Gasteiger partial charge is 0.494 e. The molecule has 1 saturated heterocycles. The minimum absolute atomic E-state index is 0.169. The second kappa shape index (κ2) is 7.17. The first kappa shape index (κ1) is 17.5. The summed E-state index contributed by atoms with van der Waals surface area (Å²) < 4.78 is 24.0. The van der Waals surface area contributed by atoms with Crippen molar-refractivity contribution >= 4 is 6.09 Å². The highest BCUT2D eigenvalue weighted by atomic mass is 19.1. The van der Waals surface area contributed by atoms with Gasteiger partial charge in [-0.05, 0) is 58.0 Å². The summed E-state index contributed by atoms with van der Waals surface area (Å²) in [5, 5.41) is 2.88. The molecule has 0 bridgehead atoms. The summed E-state index contributed by atoms with van der Waals surface area (Å²) in [5.74, 6) is -0.252. The van der Waals surface area contributed by atoms with Gasteiger partial charge in [-0.1, -0.05) is 6.07 Å². The van der Waals surface area contributed by atoms with E-state index in [1.165, 1.54) is 13.2 Å². The molecule has 1 N–H and O–H groups in total. The number of hydrogen-bond donors (Lipinski definition) is 1. The minimum atomic E-state index is -0.564. The maximum Gasteiger partial charge on any atom is 0.408 e. The Morgan fingerprint density at radius 2 is 2.09 bits per heavy atom. The van der Waals surface area contributed by atoms with Gasteiger partial charge in [0, 0.05) is 6.54 Å². The van der Waals surface area contributed by atoms with Gasteiger partial charge in [0.2, 0.25) is 0 Å². The molecule has 1 aromatic rings. The van der Waals surface area contributed by atoms with E-state index in [2.05, 4.69) is 10.2 Å². The Hall–Kier alpha value is -1.82. The van der Waals surface area contributed by atoms with Crippen molar-refractivity contribution in [2.45, 2.75) is 38.8 Å². The number of halogens is 1. The van der Waals surface area contributed by atoms with Crippen LogP contribution in [0.5, 0.6) is 5.75 Å². The molecule has 6 heteroatoms. The number of ether oxygens (including phenoxy) is 2. The molecule has 2 rings (SSSR count). The number of benzene rings is 1. The third-order valence-electron chi connectivity index (χ3n) is 3.66. The van der Waals surface area contributed by atoms with Gasteiger partial charge in [-0.15, -0.1) is 0 Å². The average Bonchev–Trinajstić information content (AvgIpc) is 2.40. The van der Waals surface area contributed by atoms with Gasteiger partial charge in [0.25, 0.3) is 0 Å². The second-order valence-corrected chi connectivity index (χ2v) is 6.75. The standard InChI is InChI=1S/C17H25FN2O3/c1-17(2,3)23-16(21)19-14(11-20-8-5-9-20)12-6-7-13(18)15(10-12)22-4/h6-7,10,14H,5,8-9,11H2,1-4H3,(H,19,21)/t14-/m1/s1. The van der Waals surface area contributed by atoms with E-state index in [0.717, 1.165) is 25.1 Å². The minimum Gasteiger partial charge on any atom is -0.494 e. The molecule has 0 aromatic heterocycles. The second-order valence-electron chi connectivity index (χ2n) is 6.75. The van der Waals surface area contributed by atoms with Crippen molar-refractivity contribution in [3.05, 3.63) is 29.6 Å². The molecule has 1 amide bonds. The number of methoxy groups -OCH3 is 1. The molecule has 0 aliphatic carbocycles. The van der Waals surface area contributed by atoms with Gasteiger partial charge in [-0.2, -0.15) is 0 Å².